The van der Waals surface area contributed by atoms with E-state index in [1.54, 1.807) is 6.07 Å². The van der Waals surface area contributed by atoms with E-state index in [1.165, 1.54) is 5.56 Å². The first-order chi connectivity index (χ1) is 9.54. The van der Waals surface area contributed by atoms with Gasteiger partial charge in [0.15, 0.2) is 0 Å². The average Bonchev–Trinajstić information content (AvgIpc) is 2.75. The lowest BCUT2D eigenvalue weighted by Crippen LogP contribution is -2.21. The van der Waals surface area contributed by atoms with Crippen molar-refractivity contribution in [1.82, 2.24) is 5.32 Å². The Kier molecular flexibility index (Phi) is 5.10. The van der Waals surface area contributed by atoms with Crippen LogP contribution < -0.4 is 10.1 Å². The first kappa shape index (κ1) is 14.9. The zero-order chi connectivity index (χ0) is 14.5. The van der Waals surface area contributed by atoms with Gasteiger partial charge in [-0.15, -0.1) is 0 Å². The van der Waals surface area contributed by atoms with Crippen molar-refractivity contribution >= 4 is 11.6 Å². The number of ether oxygens (including phenoxy) is 1. The lowest BCUT2D eigenvalue weighted by atomic mass is 10.2. The summed E-state index contributed by atoms with van der Waals surface area (Å²) in [5.41, 5.74) is 1.17. The number of furan rings is 1. The van der Waals surface area contributed by atoms with Crippen molar-refractivity contribution < 1.29 is 9.15 Å². The van der Waals surface area contributed by atoms with E-state index in [0.717, 1.165) is 23.8 Å². The molecule has 0 spiro atoms. The van der Waals surface area contributed by atoms with E-state index < -0.39 is 0 Å². The minimum atomic E-state index is 0.406. The van der Waals surface area contributed by atoms with Crippen LogP contribution in [0.3, 0.4) is 0 Å². The molecule has 1 N–H and O–H groups in total. The zero-order valence-electron chi connectivity index (χ0n) is 12.1. The molecule has 3 nitrogen and oxygen atoms in total. The van der Waals surface area contributed by atoms with Crippen LogP contribution in [0.15, 0.2) is 34.7 Å². The Hall–Kier alpha value is -1.45. The summed E-state index contributed by atoms with van der Waals surface area (Å²) in [5, 5.41) is 4.05. The third kappa shape index (κ3) is 4.29. The van der Waals surface area contributed by atoms with Crippen molar-refractivity contribution in [2.45, 2.75) is 40.0 Å². The average molecular weight is 294 g/mol. The normalized spacial score (nSPS) is 11.1. The summed E-state index contributed by atoms with van der Waals surface area (Å²) in [4.78, 5) is 0. The van der Waals surface area contributed by atoms with Gasteiger partial charge in [0.2, 0.25) is 0 Å². The van der Waals surface area contributed by atoms with Crippen LogP contribution in [0, 0.1) is 6.92 Å². The van der Waals surface area contributed by atoms with Gasteiger partial charge in [0.25, 0.3) is 0 Å². The van der Waals surface area contributed by atoms with Crippen LogP contribution in [0.25, 0.3) is 0 Å². The van der Waals surface area contributed by atoms with Crippen LogP contribution in [0.4, 0.5) is 0 Å². The molecule has 0 amide bonds. The Bertz CT molecular complexity index is 563. The van der Waals surface area contributed by atoms with Gasteiger partial charge in [0.1, 0.15) is 23.9 Å². The first-order valence-corrected chi connectivity index (χ1v) is 7.12. The van der Waals surface area contributed by atoms with Crippen LogP contribution in [0.1, 0.15) is 30.9 Å². The van der Waals surface area contributed by atoms with Crippen molar-refractivity contribution in [3.8, 4) is 5.75 Å². The minimum absolute atomic E-state index is 0.406. The molecule has 1 aromatic heterocycles. The van der Waals surface area contributed by atoms with E-state index in [-0.39, 0.29) is 0 Å². The molecular weight excluding hydrogens is 274 g/mol. The predicted molar refractivity (Wildman–Crippen MR) is 81.2 cm³/mol. The molecule has 0 saturated heterocycles. The molecule has 0 bridgehead atoms. The highest BCUT2D eigenvalue weighted by molar-refractivity contribution is 6.30. The number of hydrogen-bond donors (Lipinski definition) is 1. The summed E-state index contributed by atoms with van der Waals surface area (Å²) in [7, 11) is 0. The van der Waals surface area contributed by atoms with E-state index in [9.17, 15) is 0 Å². The Morgan fingerprint density at radius 2 is 2.10 bits per heavy atom. The number of benzene rings is 1. The molecule has 0 saturated carbocycles. The highest BCUT2D eigenvalue weighted by Gasteiger charge is 2.08. The molecule has 0 aliphatic heterocycles. The predicted octanol–water partition coefficient (Wildman–Crippen LogP) is 4.32. The smallest absolute Gasteiger partial charge is 0.146 e. The largest absolute Gasteiger partial charge is 0.486 e. The molecule has 1 heterocycles. The summed E-state index contributed by atoms with van der Waals surface area (Å²) in [6, 6.07) is 9.84. The Labute approximate surface area is 124 Å². The number of hydrogen-bond acceptors (Lipinski definition) is 3. The maximum atomic E-state index is 5.92. The second-order valence-electron chi connectivity index (χ2n) is 5.08. The van der Waals surface area contributed by atoms with Gasteiger partial charge in [-0.1, -0.05) is 31.5 Å². The monoisotopic (exact) mass is 293 g/mol. The van der Waals surface area contributed by atoms with Gasteiger partial charge >= 0.3 is 0 Å². The van der Waals surface area contributed by atoms with Gasteiger partial charge < -0.3 is 14.5 Å². The van der Waals surface area contributed by atoms with Crippen LogP contribution in [-0.2, 0) is 13.2 Å². The molecule has 2 aromatic rings. The fourth-order valence-corrected chi connectivity index (χ4v) is 2.04. The van der Waals surface area contributed by atoms with Crippen molar-refractivity contribution in [2.75, 3.05) is 0 Å². The fourth-order valence-electron chi connectivity index (χ4n) is 1.86. The third-order valence-electron chi connectivity index (χ3n) is 2.95. The Morgan fingerprint density at radius 3 is 2.80 bits per heavy atom. The lowest BCUT2D eigenvalue weighted by Gasteiger charge is -2.06. The molecule has 1 aromatic carbocycles. The van der Waals surface area contributed by atoms with Crippen LogP contribution >= 0.6 is 11.6 Å². The maximum Gasteiger partial charge on any atom is 0.146 e. The van der Waals surface area contributed by atoms with Crippen LogP contribution in [0.5, 0.6) is 5.75 Å². The molecule has 0 radical (unpaired) electrons. The molecule has 20 heavy (non-hydrogen) atoms. The van der Waals surface area contributed by atoms with Gasteiger partial charge in [-0.25, -0.2) is 0 Å². The fraction of sp³-hybridized carbons (Fsp3) is 0.375. The highest BCUT2D eigenvalue weighted by atomic mass is 35.5. The third-order valence-corrected chi connectivity index (χ3v) is 3.18. The minimum Gasteiger partial charge on any atom is -0.486 e. The van der Waals surface area contributed by atoms with E-state index in [1.807, 2.05) is 31.2 Å². The second-order valence-corrected chi connectivity index (χ2v) is 5.51. The number of aryl methyl sites for hydroxylation is 1. The summed E-state index contributed by atoms with van der Waals surface area (Å²) in [6.07, 6.45) is 0. The molecule has 2 rings (SSSR count). The van der Waals surface area contributed by atoms with Crippen molar-refractivity contribution in [1.29, 1.82) is 0 Å². The number of halogens is 1. The molecule has 0 fully saturated rings. The quantitative estimate of drug-likeness (QED) is 0.861. The van der Waals surface area contributed by atoms with Crippen molar-refractivity contribution in [3.05, 3.63) is 52.4 Å². The first-order valence-electron chi connectivity index (χ1n) is 6.74. The van der Waals surface area contributed by atoms with E-state index in [2.05, 4.69) is 19.2 Å². The SMILES string of the molecule is Cc1oc(COc2cccc(Cl)c2)cc1CNC(C)C. The number of rotatable bonds is 6. The Balaban J connectivity index is 1.95. The molecule has 0 unspecified atom stereocenters. The molecule has 0 atom stereocenters. The van der Waals surface area contributed by atoms with Gasteiger partial charge in [-0.05, 0) is 31.2 Å². The van der Waals surface area contributed by atoms with Crippen molar-refractivity contribution in [2.24, 2.45) is 0 Å². The Morgan fingerprint density at radius 1 is 1.30 bits per heavy atom. The number of nitrogens with one attached hydrogen (secondary N) is 1. The zero-order valence-corrected chi connectivity index (χ0v) is 12.8. The van der Waals surface area contributed by atoms with E-state index >= 15 is 0 Å². The van der Waals surface area contributed by atoms with Gasteiger partial charge in [0, 0.05) is 23.2 Å². The van der Waals surface area contributed by atoms with E-state index in [0.29, 0.717) is 17.7 Å². The standard InChI is InChI=1S/C16H20ClNO2/c1-11(2)18-9-13-7-16(20-12(13)3)10-19-15-6-4-5-14(17)8-15/h4-8,11,18H,9-10H2,1-3H3. The molecule has 0 aliphatic rings. The highest BCUT2D eigenvalue weighted by Crippen LogP contribution is 2.20. The van der Waals surface area contributed by atoms with Gasteiger partial charge in [0.05, 0.1) is 0 Å². The second kappa shape index (κ2) is 6.82. The topological polar surface area (TPSA) is 34.4 Å². The summed E-state index contributed by atoms with van der Waals surface area (Å²) >= 11 is 5.92. The van der Waals surface area contributed by atoms with Crippen molar-refractivity contribution in [3.63, 3.8) is 0 Å². The lowest BCUT2D eigenvalue weighted by molar-refractivity contribution is 0.267. The van der Waals surface area contributed by atoms with E-state index in [4.69, 9.17) is 20.8 Å². The summed E-state index contributed by atoms with van der Waals surface area (Å²) < 4.78 is 11.4. The van der Waals surface area contributed by atoms with Crippen LogP contribution in [-0.4, -0.2) is 6.04 Å². The summed E-state index contributed by atoms with van der Waals surface area (Å²) in [5.74, 6) is 2.50. The van der Waals surface area contributed by atoms with Crippen LogP contribution in [0.2, 0.25) is 5.02 Å². The molecule has 0 aliphatic carbocycles. The molecular formula is C16H20ClNO2. The molecule has 4 heteroatoms. The summed E-state index contributed by atoms with van der Waals surface area (Å²) in [6.45, 7) is 7.43. The van der Waals surface area contributed by atoms with Gasteiger partial charge in [-0.2, -0.15) is 0 Å². The van der Waals surface area contributed by atoms with Gasteiger partial charge in [-0.3, -0.25) is 0 Å². The maximum absolute atomic E-state index is 5.92. The molecule has 108 valence electrons.